The molecule has 0 bridgehead atoms. The summed E-state index contributed by atoms with van der Waals surface area (Å²) in [6.45, 7) is 3.36. The summed E-state index contributed by atoms with van der Waals surface area (Å²) >= 11 is 0. The molecule has 15 heavy (non-hydrogen) atoms. The van der Waals surface area contributed by atoms with Gasteiger partial charge in [0.2, 0.25) is 0 Å². The highest BCUT2D eigenvalue weighted by Gasteiger charge is 2.01. The second-order valence-corrected chi connectivity index (χ2v) is 3.05. The van der Waals surface area contributed by atoms with Crippen molar-refractivity contribution in [3.63, 3.8) is 0 Å². The molecular formula is C11H16FNO2. The quantitative estimate of drug-likeness (QED) is 0.543. The third-order valence-electron chi connectivity index (χ3n) is 1.70. The molecule has 0 aliphatic carbocycles. The average Bonchev–Trinajstić information content (AvgIpc) is 2.16. The minimum Gasteiger partial charge on any atom is -0.478 e. The van der Waals surface area contributed by atoms with Gasteiger partial charge in [-0.1, -0.05) is 6.92 Å². The van der Waals surface area contributed by atoms with Gasteiger partial charge in [0, 0.05) is 12.1 Å². The second-order valence-electron chi connectivity index (χ2n) is 3.05. The fourth-order valence-electron chi connectivity index (χ4n) is 0.930. The Morgan fingerprint density at radius 2 is 2.07 bits per heavy atom. The molecule has 84 valence electrons. The van der Waals surface area contributed by atoms with Gasteiger partial charge in [0.25, 0.3) is 0 Å². The van der Waals surface area contributed by atoms with Crippen molar-refractivity contribution in [2.24, 2.45) is 5.73 Å². The number of rotatable bonds is 5. The van der Waals surface area contributed by atoms with E-state index in [4.69, 9.17) is 10.8 Å². The molecule has 0 spiro atoms. The molecule has 0 unspecified atom stereocenters. The first-order valence-corrected chi connectivity index (χ1v) is 4.69. The highest BCUT2D eigenvalue weighted by molar-refractivity contribution is 5.86. The fourth-order valence-corrected chi connectivity index (χ4v) is 0.930. The summed E-state index contributed by atoms with van der Waals surface area (Å²) in [5.74, 6) is -1.43. The van der Waals surface area contributed by atoms with Gasteiger partial charge in [-0.25, -0.2) is 9.18 Å². The van der Waals surface area contributed by atoms with E-state index in [0.717, 1.165) is 0 Å². The van der Waals surface area contributed by atoms with Gasteiger partial charge >= 0.3 is 5.97 Å². The minimum absolute atomic E-state index is 0.107. The van der Waals surface area contributed by atoms with Crippen molar-refractivity contribution in [1.29, 1.82) is 0 Å². The number of carbonyl (C=O) groups is 1. The second kappa shape index (κ2) is 6.95. The summed E-state index contributed by atoms with van der Waals surface area (Å²) in [7, 11) is 0. The summed E-state index contributed by atoms with van der Waals surface area (Å²) < 4.78 is 13.0. The molecule has 0 aliphatic rings. The van der Waals surface area contributed by atoms with E-state index in [2.05, 4.69) is 0 Å². The zero-order valence-electron chi connectivity index (χ0n) is 8.96. The number of carboxylic acid groups (broad SMARTS) is 1. The van der Waals surface area contributed by atoms with Gasteiger partial charge < -0.3 is 10.8 Å². The molecule has 0 aromatic rings. The zero-order valence-corrected chi connectivity index (χ0v) is 8.96. The van der Waals surface area contributed by atoms with Gasteiger partial charge in [-0.3, -0.25) is 0 Å². The maximum absolute atomic E-state index is 13.0. The summed E-state index contributed by atoms with van der Waals surface area (Å²) in [6, 6.07) is 0. The van der Waals surface area contributed by atoms with Crippen LogP contribution in [-0.4, -0.2) is 17.6 Å². The number of halogens is 1. The van der Waals surface area contributed by atoms with E-state index in [9.17, 15) is 9.18 Å². The largest absolute Gasteiger partial charge is 0.478 e. The Labute approximate surface area is 88.8 Å². The van der Waals surface area contributed by atoms with Crippen molar-refractivity contribution in [2.75, 3.05) is 6.54 Å². The lowest BCUT2D eigenvalue weighted by Crippen LogP contribution is -2.04. The van der Waals surface area contributed by atoms with Crippen LogP contribution >= 0.6 is 0 Å². The van der Waals surface area contributed by atoms with E-state index in [1.165, 1.54) is 25.2 Å². The Hall–Kier alpha value is -1.42. The Balaban J connectivity index is 4.85. The van der Waals surface area contributed by atoms with E-state index in [1.54, 1.807) is 0 Å². The van der Waals surface area contributed by atoms with Gasteiger partial charge in [0.05, 0.1) is 0 Å². The molecule has 4 heteroatoms. The standard InChI is InChI=1S/C11H16FNO2/c1-3-4-10(12)6-9(7-13)5-8(2)11(14)15/h4-6H,3,7,13H2,1-2H3,(H,14,15)/b8-5+,9-6-,10-4+. The van der Waals surface area contributed by atoms with Gasteiger partial charge in [0.15, 0.2) is 0 Å². The van der Waals surface area contributed by atoms with Crippen molar-refractivity contribution in [1.82, 2.24) is 0 Å². The summed E-state index contributed by atoms with van der Waals surface area (Å²) in [6.07, 6.45) is 4.60. The normalized spacial score (nSPS) is 14.3. The first-order chi connectivity index (χ1) is 7.01. The number of carboxylic acids is 1. The van der Waals surface area contributed by atoms with Crippen molar-refractivity contribution < 1.29 is 14.3 Å². The Bertz CT molecular complexity index is 317. The summed E-state index contributed by atoms with van der Waals surface area (Å²) in [4.78, 5) is 10.5. The third-order valence-corrected chi connectivity index (χ3v) is 1.70. The monoisotopic (exact) mass is 213 g/mol. The molecule has 0 aromatic carbocycles. The molecule has 0 aromatic heterocycles. The van der Waals surface area contributed by atoms with Gasteiger partial charge in [-0.05, 0) is 37.1 Å². The molecule has 0 radical (unpaired) electrons. The van der Waals surface area contributed by atoms with E-state index in [1.807, 2.05) is 6.92 Å². The van der Waals surface area contributed by atoms with Gasteiger partial charge in [-0.2, -0.15) is 0 Å². The predicted octanol–water partition coefficient (Wildman–Crippen LogP) is 2.17. The topological polar surface area (TPSA) is 63.3 Å². The lowest BCUT2D eigenvalue weighted by atomic mass is 10.1. The molecule has 0 heterocycles. The van der Waals surface area contributed by atoms with Crippen LogP contribution in [-0.2, 0) is 4.79 Å². The summed E-state index contributed by atoms with van der Waals surface area (Å²) in [5, 5.41) is 8.62. The lowest BCUT2D eigenvalue weighted by Gasteiger charge is -1.98. The molecule has 0 saturated heterocycles. The van der Waals surface area contributed by atoms with Crippen LogP contribution in [0.3, 0.4) is 0 Å². The Morgan fingerprint density at radius 3 is 2.47 bits per heavy atom. The van der Waals surface area contributed by atoms with Crippen LogP contribution < -0.4 is 5.73 Å². The van der Waals surface area contributed by atoms with Crippen LogP contribution in [0.5, 0.6) is 0 Å². The average molecular weight is 213 g/mol. The van der Waals surface area contributed by atoms with E-state index in [0.29, 0.717) is 12.0 Å². The van der Waals surface area contributed by atoms with Crippen LogP contribution in [0.15, 0.2) is 35.2 Å². The molecular weight excluding hydrogens is 197 g/mol. The molecule has 0 aliphatic heterocycles. The zero-order chi connectivity index (χ0) is 11.8. The number of nitrogens with two attached hydrogens (primary N) is 1. The van der Waals surface area contributed by atoms with Crippen LogP contribution in [0.1, 0.15) is 20.3 Å². The maximum Gasteiger partial charge on any atom is 0.331 e. The first-order valence-electron chi connectivity index (χ1n) is 4.69. The van der Waals surface area contributed by atoms with Crippen LogP contribution in [0.2, 0.25) is 0 Å². The fraction of sp³-hybridized carbons (Fsp3) is 0.364. The minimum atomic E-state index is -1.03. The van der Waals surface area contributed by atoms with Crippen LogP contribution in [0.4, 0.5) is 4.39 Å². The third kappa shape index (κ3) is 5.80. The molecule has 3 nitrogen and oxygen atoms in total. The molecule has 3 N–H and O–H groups in total. The molecule has 0 rings (SSSR count). The Kier molecular flexibility index (Phi) is 6.29. The smallest absolute Gasteiger partial charge is 0.331 e. The van der Waals surface area contributed by atoms with E-state index < -0.39 is 11.8 Å². The van der Waals surface area contributed by atoms with Gasteiger partial charge in [-0.15, -0.1) is 0 Å². The highest BCUT2D eigenvalue weighted by atomic mass is 19.1. The van der Waals surface area contributed by atoms with Crippen molar-refractivity contribution >= 4 is 5.97 Å². The van der Waals surface area contributed by atoms with Gasteiger partial charge in [0.1, 0.15) is 5.83 Å². The highest BCUT2D eigenvalue weighted by Crippen LogP contribution is 2.08. The van der Waals surface area contributed by atoms with E-state index in [-0.39, 0.29) is 12.1 Å². The van der Waals surface area contributed by atoms with Crippen LogP contribution in [0.25, 0.3) is 0 Å². The molecule has 0 amide bonds. The summed E-state index contributed by atoms with van der Waals surface area (Å²) in [5.41, 5.74) is 5.96. The van der Waals surface area contributed by atoms with E-state index >= 15 is 0 Å². The molecule has 0 fully saturated rings. The SMILES string of the molecule is CC\C=C(F)/C=C(/C=C(\C)C(=O)O)CN. The Morgan fingerprint density at radius 1 is 1.47 bits per heavy atom. The molecule has 0 atom stereocenters. The number of hydrogen-bond acceptors (Lipinski definition) is 2. The first kappa shape index (κ1) is 13.6. The maximum atomic E-state index is 13.0. The van der Waals surface area contributed by atoms with Crippen molar-refractivity contribution in [2.45, 2.75) is 20.3 Å². The molecule has 0 saturated carbocycles. The lowest BCUT2D eigenvalue weighted by molar-refractivity contribution is -0.132. The number of aliphatic carboxylic acids is 1. The van der Waals surface area contributed by atoms with Crippen molar-refractivity contribution in [3.05, 3.63) is 35.2 Å². The van der Waals surface area contributed by atoms with Crippen LogP contribution in [0, 0.1) is 0 Å². The number of hydrogen-bond donors (Lipinski definition) is 2. The van der Waals surface area contributed by atoms with Crippen molar-refractivity contribution in [3.8, 4) is 0 Å². The number of allylic oxidation sites excluding steroid dienone is 3. The predicted molar refractivity (Wildman–Crippen MR) is 58.0 cm³/mol.